The fourth-order valence-corrected chi connectivity index (χ4v) is 2.41. The van der Waals surface area contributed by atoms with E-state index in [1.807, 2.05) is 22.8 Å². The number of nitrogens with zero attached hydrogens (tertiary/aromatic N) is 2. The molecule has 0 radical (unpaired) electrons. The lowest BCUT2D eigenvalue weighted by Gasteiger charge is -2.09. The third-order valence-corrected chi connectivity index (χ3v) is 3.57. The monoisotopic (exact) mass is 304 g/mol. The van der Waals surface area contributed by atoms with Crippen LogP contribution in [-0.4, -0.2) is 35.7 Å². The number of hydrogen-bond acceptors (Lipinski definition) is 4. The molecule has 22 heavy (non-hydrogen) atoms. The molecule has 0 saturated carbocycles. The van der Waals surface area contributed by atoms with Gasteiger partial charge in [0.15, 0.2) is 0 Å². The molecule has 0 fully saturated rings. The summed E-state index contributed by atoms with van der Waals surface area (Å²) in [5.74, 6) is 0.869. The van der Waals surface area contributed by atoms with Crippen LogP contribution in [0.1, 0.15) is 25.6 Å². The number of aromatic nitrogens is 2. The number of fused-ring (bicyclic) bond motifs is 1. The Morgan fingerprint density at radius 1 is 1.45 bits per heavy atom. The molecule has 2 rings (SSSR count). The second-order valence-corrected chi connectivity index (χ2v) is 5.28. The minimum Gasteiger partial charge on any atom is -0.397 e. The van der Waals surface area contributed by atoms with Gasteiger partial charge in [0.2, 0.25) is 5.91 Å². The maximum absolute atomic E-state index is 12.1. The predicted octanol–water partition coefficient (Wildman–Crippen LogP) is 1.72. The minimum absolute atomic E-state index is 0.0449. The first-order valence-corrected chi connectivity index (χ1v) is 7.66. The fourth-order valence-electron chi connectivity index (χ4n) is 2.41. The molecule has 0 aliphatic heterocycles. The van der Waals surface area contributed by atoms with E-state index in [-0.39, 0.29) is 12.5 Å². The van der Waals surface area contributed by atoms with Crippen LogP contribution in [0.3, 0.4) is 0 Å². The Hall–Kier alpha value is -2.08. The molecule has 3 N–H and O–H groups in total. The lowest BCUT2D eigenvalue weighted by atomic mass is 10.2. The van der Waals surface area contributed by atoms with Gasteiger partial charge in [0.25, 0.3) is 0 Å². The van der Waals surface area contributed by atoms with E-state index in [9.17, 15) is 4.79 Å². The zero-order valence-corrected chi connectivity index (χ0v) is 13.3. The molecule has 1 aromatic heterocycles. The van der Waals surface area contributed by atoms with Gasteiger partial charge in [-0.05, 0) is 18.6 Å². The number of hydrogen-bond donors (Lipinski definition) is 2. The molecule has 2 aromatic rings. The van der Waals surface area contributed by atoms with E-state index in [2.05, 4.69) is 17.2 Å². The topological polar surface area (TPSA) is 82.2 Å². The zero-order valence-electron chi connectivity index (χ0n) is 13.3. The molecule has 0 atom stereocenters. The van der Waals surface area contributed by atoms with Gasteiger partial charge >= 0.3 is 0 Å². The summed E-state index contributed by atoms with van der Waals surface area (Å²) in [6.07, 6.45) is 2.96. The molecule has 1 amide bonds. The van der Waals surface area contributed by atoms with Gasteiger partial charge in [0.05, 0.1) is 17.8 Å². The third kappa shape index (κ3) is 3.76. The highest BCUT2D eigenvalue weighted by molar-refractivity contribution is 5.89. The van der Waals surface area contributed by atoms with Crippen LogP contribution in [-0.2, 0) is 22.5 Å². The number of anilines is 1. The second kappa shape index (κ2) is 7.79. The Kier molecular flexibility index (Phi) is 5.77. The molecule has 120 valence electrons. The molecule has 0 unspecified atom stereocenters. The summed E-state index contributed by atoms with van der Waals surface area (Å²) in [7, 11) is 1.61. The molecule has 6 heteroatoms. The number of nitrogen functional groups attached to an aromatic ring is 1. The number of rotatable bonds is 8. The smallest absolute Gasteiger partial charge is 0.240 e. The average molecular weight is 304 g/mol. The average Bonchev–Trinajstić information content (AvgIpc) is 2.85. The highest BCUT2D eigenvalue weighted by atomic mass is 16.5. The van der Waals surface area contributed by atoms with Gasteiger partial charge < -0.3 is 20.4 Å². The van der Waals surface area contributed by atoms with Crippen LogP contribution in [0.15, 0.2) is 18.2 Å². The van der Waals surface area contributed by atoms with E-state index >= 15 is 0 Å². The van der Waals surface area contributed by atoms with Crippen molar-refractivity contribution in [3.63, 3.8) is 0 Å². The quantitative estimate of drug-likeness (QED) is 0.575. The van der Waals surface area contributed by atoms with Crippen molar-refractivity contribution >= 4 is 22.6 Å². The van der Waals surface area contributed by atoms with Crippen LogP contribution in [0, 0.1) is 0 Å². The summed E-state index contributed by atoms with van der Waals surface area (Å²) in [4.78, 5) is 16.7. The van der Waals surface area contributed by atoms with Gasteiger partial charge in [-0.3, -0.25) is 4.79 Å². The predicted molar refractivity (Wildman–Crippen MR) is 87.6 cm³/mol. The van der Waals surface area contributed by atoms with Crippen molar-refractivity contribution in [1.29, 1.82) is 0 Å². The zero-order chi connectivity index (χ0) is 15.9. The Morgan fingerprint density at radius 2 is 2.27 bits per heavy atom. The number of benzene rings is 1. The van der Waals surface area contributed by atoms with E-state index in [1.54, 1.807) is 7.11 Å². The number of methoxy groups -OCH3 is 1. The number of imidazole rings is 1. The highest BCUT2D eigenvalue weighted by Gasteiger charge is 2.14. The third-order valence-electron chi connectivity index (χ3n) is 3.57. The summed E-state index contributed by atoms with van der Waals surface area (Å²) in [6.45, 7) is 3.40. The van der Waals surface area contributed by atoms with E-state index in [0.29, 0.717) is 18.8 Å². The SMILES string of the molecule is CCCCc1nc2c(N)cccc2n1CC(=O)NCCOC. The van der Waals surface area contributed by atoms with Crippen molar-refractivity contribution in [2.24, 2.45) is 0 Å². The number of carbonyl (C=O) groups excluding carboxylic acids is 1. The van der Waals surface area contributed by atoms with Crippen LogP contribution in [0.2, 0.25) is 0 Å². The maximum atomic E-state index is 12.1. The first-order chi connectivity index (χ1) is 10.7. The van der Waals surface area contributed by atoms with Crippen LogP contribution >= 0.6 is 0 Å². The van der Waals surface area contributed by atoms with Crippen molar-refractivity contribution < 1.29 is 9.53 Å². The number of carbonyl (C=O) groups is 1. The first kappa shape index (κ1) is 16.3. The van der Waals surface area contributed by atoms with Gasteiger partial charge in [-0.25, -0.2) is 4.98 Å². The number of nitrogens with one attached hydrogen (secondary N) is 1. The maximum Gasteiger partial charge on any atom is 0.240 e. The van der Waals surface area contributed by atoms with Gasteiger partial charge in [-0.15, -0.1) is 0 Å². The largest absolute Gasteiger partial charge is 0.397 e. The second-order valence-electron chi connectivity index (χ2n) is 5.28. The van der Waals surface area contributed by atoms with Crippen molar-refractivity contribution in [1.82, 2.24) is 14.9 Å². The normalized spacial score (nSPS) is 11.0. The molecule has 0 aliphatic carbocycles. The Bertz CT molecular complexity index is 636. The summed E-state index contributed by atoms with van der Waals surface area (Å²) in [5.41, 5.74) is 8.34. The Morgan fingerprint density at radius 3 is 3.00 bits per heavy atom. The lowest BCUT2D eigenvalue weighted by molar-refractivity contribution is -0.121. The van der Waals surface area contributed by atoms with Crippen LogP contribution < -0.4 is 11.1 Å². The number of aryl methyl sites for hydroxylation is 1. The minimum atomic E-state index is -0.0449. The molecule has 0 saturated heterocycles. The molecule has 1 heterocycles. The molecule has 0 bridgehead atoms. The number of para-hydroxylation sites is 1. The standard InChI is InChI=1S/C16H24N4O2/c1-3-4-8-14-19-16-12(17)6-5-7-13(16)20(14)11-15(21)18-9-10-22-2/h5-7H,3-4,8-11,17H2,1-2H3,(H,18,21). The van der Waals surface area contributed by atoms with Crippen molar-refractivity contribution in [3.8, 4) is 0 Å². The number of unbranched alkanes of at least 4 members (excludes halogenated alkanes) is 1. The van der Waals surface area contributed by atoms with E-state index in [0.717, 1.165) is 36.1 Å². The number of nitrogens with two attached hydrogens (primary N) is 1. The molecule has 0 aliphatic rings. The number of ether oxygens (including phenoxy) is 1. The molecule has 0 spiro atoms. The van der Waals surface area contributed by atoms with Gasteiger partial charge in [-0.1, -0.05) is 19.4 Å². The van der Waals surface area contributed by atoms with Gasteiger partial charge in [0, 0.05) is 20.1 Å². The van der Waals surface area contributed by atoms with Crippen LogP contribution in [0.4, 0.5) is 5.69 Å². The van der Waals surface area contributed by atoms with Gasteiger partial charge in [0.1, 0.15) is 17.9 Å². The Balaban J connectivity index is 2.25. The van der Waals surface area contributed by atoms with Gasteiger partial charge in [-0.2, -0.15) is 0 Å². The molecule has 6 nitrogen and oxygen atoms in total. The highest BCUT2D eigenvalue weighted by Crippen LogP contribution is 2.22. The summed E-state index contributed by atoms with van der Waals surface area (Å²) in [5, 5.41) is 2.84. The van der Waals surface area contributed by atoms with Crippen molar-refractivity contribution in [3.05, 3.63) is 24.0 Å². The van der Waals surface area contributed by atoms with Crippen molar-refractivity contribution in [2.45, 2.75) is 32.7 Å². The van der Waals surface area contributed by atoms with E-state index < -0.39 is 0 Å². The summed E-state index contributed by atoms with van der Waals surface area (Å²) in [6, 6.07) is 5.68. The Labute approximate surface area is 130 Å². The molecular formula is C16H24N4O2. The lowest BCUT2D eigenvalue weighted by Crippen LogP contribution is -2.30. The van der Waals surface area contributed by atoms with Crippen molar-refractivity contribution in [2.75, 3.05) is 26.0 Å². The fraction of sp³-hybridized carbons (Fsp3) is 0.500. The molecule has 1 aromatic carbocycles. The summed E-state index contributed by atoms with van der Waals surface area (Å²) >= 11 is 0. The van der Waals surface area contributed by atoms with Crippen LogP contribution in [0.5, 0.6) is 0 Å². The summed E-state index contributed by atoms with van der Waals surface area (Å²) < 4.78 is 6.90. The first-order valence-electron chi connectivity index (χ1n) is 7.66. The van der Waals surface area contributed by atoms with Crippen LogP contribution in [0.25, 0.3) is 11.0 Å². The number of amides is 1. The molecular weight excluding hydrogens is 280 g/mol. The van der Waals surface area contributed by atoms with E-state index in [1.165, 1.54) is 0 Å². The van der Waals surface area contributed by atoms with E-state index in [4.69, 9.17) is 10.5 Å².